The Morgan fingerprint density at radius 2 is 1.88 bits per heavy atom. The molecule has 0 bridgehead atoms. The fourth-order valence-corrected chi connectivity index (χ4v) is 2.51. The number of carbonyl (C=O) groups is 1. The smallest absolute Gasteiger partial charge is 0.488 e. The molecular weight excluding hydrogens is 405 g/mol. The molecule has 4 nitrogen and oxygen atoms in total. The van der Waals surface area contributed by atoms with Crippen molar-refractivity contribution in [2.45, 2.75) is 19.7 Å². The third-order valence-electron chi connectivity index (χ3n) is 3.25. The van der Waals surface area contributed by atoms with Crippen molar-refractivity contribution < 1.29 is 32.2 Å². The maximum atomic E-state index is 13.2. The van der Waals surface area contributed by atoms with E-state index in [4.69, 9.17) is 9.47 Å². The topological polar surface area (TPSA) is 44.8 Å². The first-order chi connectivity index (χ1) is 11.7. The second-order valence-electron chi connectivity index (χ2n) is 5.06. The van der Waals surface area contributed by atoms with Crippen molar-refractivity contribution in [2.24, 2.45) is 0 Å². The van der Waals surface area contributed by atoms with Gasteiger partial charge in [-0.15, -0.1) is 0 Å². The lowest BCUT2D eigenvalue weighted by Gasteiger charge is -2.16. The van der Waals surface area contributed by atoms with E-state index in [1.807, 2.05) is 0 Å². The molecular formula is C17H14BrF3O4. The number of methoxy groups -OCH3 is 1. The Hall–Kier alpha value is -2.22. The third kappa shape index (κ3) is 4.88. The van der Waals surface area contributed by atoms with Crippen molar-refractivity contribution in [3.8, 4) is 11.5 Å². The lowest BCUT2D eigenvalue weighted by molar-refractivity contribution is -0.139. The molecule has 0 aromatic heterocycles. The minimum Gasteiger partial charge on any atom is -0.488 e. The van der Waals surface area contributed by atoms with Gasteiger partial charge in [0, 0.05) is 10.0 Å². The molecule has 2 aromatic carbocycles. The number of halogens is 4. The van der Waals surface area contributed by atoms with Gasteiger partial charge in [-0.2, -0.15) is 13.2 Å². The minimum absolute atomic E-state index is 0.127. The van der Waals surface area contributed by atoms with Crippen LogP contribution in [0, 0.1) is 6.92 Å². The SMILES string of the molecule is COC(=O)Oc1cccc(Br)c1COc1ccc(C)cc1C(F)(F)F. The molecule has 2 aromatic rings. The van der Waals surface area contributed by atoms with Gasteiger partial charge in [-0.05, 0) is 31.2 Å². The van der Waals surface area contributed by atoms with Crippen LogP contribution in [0.5, 0.6) is 11.5 Å². The van der Waals surface area contributed by atoms with Crippen LogP contribution in [0.25, 0.3) is 0 Å². The van der Waals surface area contributed by atoms with E-state index in [1.165, 1.54) is 18.2 Å². The molecule has 0 fully saturated rings. The third-order valence-corrected chi connectivity index (χ3v) is 3.99. The molecule has 0 unspecified atom stereocenters. The van der Waals surface area contributed by atoms with Crippen LogP contribution in [0.1, 0.15) is 16.7 Å². The van der Waals surface area contributed by atoms with E-state index < -0.39 is 17.9 Å². The first-order valence-electron chi connectivity index (χ1n) is 7.06. The quantitative estimate of drug-likeness (QED) is 0.485. The van der Waals surface area contributed by atoms with Gasteiger partial charge in [0.1, 0.15) is 18.1 Å². The van der Waals surface area contributed by atoms with Gasteiger partial charge in [0.25, 0.3) is 0 Å². The molecule has 0 spiro atoms. The lowest BCUT2D eigenvalue weighted by atomic mass is 10.1. The number of benzene rings is 2. The maximum absolute atomic E-state index is 13.2. The molecule has 0 N–H and O–H groups in total. The molecule has 0 heterocycles. The molecule has 0 aliphatic rings. The Labute approximate surface area is 150 Å². The molecule has 0 aliphatic heterocycles. The lowest BCUT2D eigenvalue weighted by Crippen LogP contribution is -2.12. The second kappa shape index (κ2) is 7.77. The molecule has 0 saturated carbocycles. The summed E-state index contributed by atoms with van der Waals surface area (Å²) in [6.45, 7) is 1.33. The van der Waals surface area contributed by atoms with Gasteiger partial charge >= 0.3 is 12.3 Å². The van der Waals surface area contributed by atoms with Gasteiger partial charge in [-0.1, -0.05) is 33.6 Å². The summed E-state index contributed by atoms with van der Waals surface area (Å²) in [5.41, 5.74) is -0.0214. The molecule has 0 saturated heterocycles. The Morgan fingerprint density at radius 3 is 2.52 bits per heavy atom. The molecule has 2 rings (SSSR count). The summed E-state index contributed by atoms with van der Waals surface area (Å²) < 4.78 is 54.8. The largest absolute Gasteiger partial charge is 0.513 e. The number of hydrogen-bond acceptors (Lipinski definition) is 4. The van der Waals surface area contributed by atoms with E-state index in [-0.39, 0.29) is 18.1 Å². The van der Waals surface area contributed by atoms with E-state index in [2.05, 4.69) is 20.7 Å². The summed E-state index contributed by atoms with van der Waals surface area (Å²) in [6, 6.07) is 8.55. The van der Waals surface area contributed by atoms with Gasteiger partial charge in [-0.25, -0.2) is 4.79 Å². The Bertz CT molecular complexity index is 775. The molecule has 0 aliphatic carbocycles. The Balaban J connectivity index is 2.29. The highest BCUT2D eigenvalue weighted by Gasteiger charge is 2.34. The number of hydrogen-bond donors (Lipinski definition) is 0. The highest BCUT2D eigenvalue weighted by Crippen LogP contribution is 2.38. The second-order valence-corrected chi connectivity index (χ2v) is 5.91. The molecule has 0 amide bonds. The van der Waals surface area contributed by atoms with Crippen LogP contribution < -0.4 is 9.47 Å². The van der Waals surface area contributed by atoms with Crippen molar-refractivity contribution in [1.29, 1.82) is 0 Å². The van der Waals surface area contributed by atoms with E-state index in [0.29, 0.717) is 15.6 Å². The predicted molar refractivity (Wildman–Crippen MR) is 87.7 cm³/mol. The molecule has 25 heavy (non-hydrogen) atoms. The maximum Gasteiger partial charge on any atom is 0.513 e. The van der Waals surface area contributed by atoms with Gasteiger partial charge < -0.3 is 14.2 Å². The highest BCUT2D eigenvalue weighted by atomic mass is 79.9. The van der Waals surface area contributed by atoms with Crippen LogP contribution in [-0.4, -0.2) is 13.3 Å². The van der Waals surface area contributed by atoms with Gasteiger partial charge in [0.05, 0.1) is 12.7 Å². The average molecular weight is 419 g/mol. The summed E-state index contributed by atoms with van der Waals surface area (Å²) in [4.78, 5) is 11.3. The summed E-state index contributed by atoms with van der Waals surface area (Å²) in [5, 5.41) is 0. The van der Waals surface area contributed by atoms with Crippen molar-refractivity contribution in [3.63, 3.8) is 0 Å². The van der Waals surface area contributed by atoms with Gasteiger partial charge in [-0.3, -0.25) is 0 Å². The summed E-state index contributed by atoms with van der Waals surface area (Å²) in [7, 11) is 1.15. The number of aryl methyl sites for hydroxylation is 1. The monoisotopic (exact) mass is 418 g/mol. The van der Waals surface area contributed by atoms with Crippen LogP contribution in [-0.2, 0) is 17.5 Å². The summed E-state index contributed by atoms with van der Waals surface area (Å²) >= 11 is 3.27. The highest BCUT2D eigenvalue weighted by molar-refractivity contribution is 9.10. The Morgan fingerprint density at radius 1 is 1.16 bits per heavy atom. The normalized spacial score (nSPS) is 11.1. The van der Waals surface area contributed by atoms with E-state index in [1.54, 1.807) is 19.1 Å². The van der Waals surface area contributed by atoms with Crippen molar-refractivity contribution in [3.05, 3.63) is 57.6 Å². The standard InChI is InChI=1S/C17H14BrF3O4/c1-10-6-7-15(12(8-10)17(19,20)21)24-9-11-13(18)4-3-5-14(11)25-16(22)23-2/h3-8H,9H2,1-2H3. The molecule has 8 heteroatoms. The van der Waals surface area contributed by atoms with Crippen LogP contribution in [0.4, 0.5) is 18.0 Å². The van der Waals surface area contributed by atoms with E-state index in [9.17, 15) is 18.0 Å². The van der Waals surface area contributed by atoms with Crippen molar-refractivity contribution in [1.82, 2.24) is 0 Å². The number of carbonyl (C=O) groups excluding carboxylic acids is 1. The molecule has 134 valence electrons. The summed E-state index contributed by atoms with van der Waals surface area (Å²) in [6.07, 6.45) is -5.48. The molecule has 0 radical (unpaired) electrons. The van der Waals surface area contributed by atoms with Crippen LogP contribution in [0.3, 0.4) is 0 Å². The van der Waals surface area contributed by atoms with E-state index in [0.717, 1.165) is 13.2 Å². The van der Waals surface area contributed by atoms with Crippen LogP contribution >= 0.6 is 15.9 Å². The average Bonchev–Trinajstić information content (AvgIpc) is 2.54. The van der Waals surface area contributed by atoms with Crippen molar-refractivity contribution in [2.75, 3.05) is 7.11 Å². The Kier molecular flexibility index (Phi) is 5.94. The zero-order valence-electron chi connectivity index (χ0n) is 13.3. The predicted octanol–water partition coefficient (Wildman–Crippen LogP) is 5.50. The van der Waals surface area contributed by atoms with Crippen LogP contribution in [0.15, 0.2) is 40.9 Å². The first kappa shape index (κ1) is 19.1. The summed E-state index contributed by atoms with van der Waals surface area (Å²) in [5.74, 6) is -0.181. The molecule has 0 atom stereocenters. The van der Waals surface area contributed by atoms with Gasteiger partial charge in [0.15, 0.2) is 0 Å². The fraction of sp³-hybridized carbons (Fsp3) is 0.235. The zero-order valence-corrected chi connectivity index (χ0v) is 14.9. The van der Waals surface area contributed by atoms with Crippen LogP contribution in [0.2, 0.25) is 0 Å². The first-order valence-corrected chi connectivity index (χ1v) is 7.85. The number of rotatable bonds is 4. The number of alkyl halides is 3. The fourth-order valence-electron chi connectivity index (χ4n) is 2.05. The van der Waals surface area contributed by atoms with Gasteiger partial charge in [0.2, 0.25) is 0 Å². The van der Waals surface area contributed by atoms with E-state index >= 15 is 0 Å². The minimum atomic E-state index is -4.54. The van der Waals surface area contributed by atoms with Crippen molar-refractivity contribution >= 4 is 22.1 Å². The number of ether oxygens (including phenoxy) is 3. The zero-order chi connectivity index (χ0) is 18.6.